The van der Waals surface area contributed by atoms with Gasteiger partial charge in [0.25, 0.3) is 0 Å². The molecular formula is C24H24Cl2N2O. The predicted octanol–water partition coefficient (Wildman–Crippen LogP) is 3.17. The van der Waals surface area contributed by atoms with Gasteiger partial charge in [0.2, 0.25) is 0 Å². The molecule has 0 amide bonds. The number of benzene rings is 3. The minimum absolute atomic E-state index is 0. The van der Waals surface area contributed by atoms with Crippen molar-refractivity contribution in [1.29, 1.82) is 0 Å². The molecule has 3 nitrogen and oxygen atoms in total. The zero-order valence-corrected chi connectivity index (χ0v) is 18.3. The zero-order chi connectivity index (χ0) is 19.7. The summed E-state index contributed by atoms with van der Waals surface area (Å²) in [6.07, 6.45) is 0. The van der Waals surface area contributed by atoms with E-state index in [2.05, 4.69) is 48.4 Å². The van der Waals surface area contributed by atoms with Crippen LogP contribution in [0.5, 0.6) is 11.5 Å². The molecule has 0 radical (unpaired) electrons. The van der Waals surface area contributed by atoms with Crippen LogP contribution in [0.1, 0.15) is 16.7 Å². The van der Waals surface area contributed by atoms with E-state index in [-0.39, 0.29) is 12.4 Å². The lowest BCUT2D eigenvalue weighted by molar-refractivity contribution is -0.427. The van der Waals surface area contributed by atoms with Crippen LogP contribution in [0.4, 0.5) is 11.4 Å². The van der Waals surface area contributed by atoms with Gasteiger partial charge in [-0.1, -0.05) is 48.0 Å². The second-order valence-corrected chi connectivity index (χ2v) is 7.54. The van der Waals surface area contributed by atoms with Crippen molar-refractivity contribution in [2.24, 2.45) is 0 Å². The molecule has 0 atom stereocenters. The van der Waals surface area contributed by atoms with E-state index < -0.39 is 0 Å². The zero-order valence-electron chi connectivity index (χ0n) is 16.8. The van der Waals surface area contributed by atoms with Crippen LogP contribution < -0.4 is 22.0 Å². The lowest BCUT2D eigenvalue weighted by Gasteiger charge is -2.14. The summed E-state index contributed by atoms with van der Waals surface area (Å²) in [5, 5.41) is 0.708. The van der Waals surface area contributed by atoms with Gasteiger partial charge in [-0.25, -0.2) is 9.48 Å². The van der Waals surface area contributed by atoms with E-state index in [1.807, 2.05) is 48.5 Å². The number of anilines is 1. The second-order valence-electron chi connectivity index (χ2n) is 7.20. The maximum absolute atomic E-state index is 6.88. The number of halogens is 2. The maximum Gasteiger partial charge on any atom is 0.355 e. The number of hydrogen-bond donors (Lipinski definition) is 0. The monoisotopic (exact) mass is 426 g/mol. The minimum atomic E-state index is 0. The Kier molecular flexibility index (Phi) is 6.51. The van der Waals surface area contributed by atoms with E-state index in [0.717, 1.165) is 30.3 Å². The molecule has 0 N–H and O–H groups in total. The van der Waals surface area contributed by atoms with Crippen LogP contribution in [0.2, 0.25) is 0 Å². The van der Waals surface area contributed by atoms with E-state index in [0.29, 0.717) is 5.29 Å². The molecule has 1 aliphatic heterocycles. The van der Waals surface area contributed by atoms with Crippen molar-refractivity contribution in [1.82, 2.24) is 0 Å². The average Bonchev–Trinajstić information content (AvgIpc) is 3.03. The van der Waals surface area contributed by atoms with Crippen LogP contribution in [0.3, 0.4) is 0 Å². The highest BCUT2D eigenvalue weighted by Gasteiger charge is 2.35. The molecule has 3 aromatic rings. The molecule has 5 heteroatoms. The van der Waals surface area contributed by atoms with E-state index in [1.54, 1.807) is 0 Å². The summed E-state index contributed by atoms with van der Waals surface area (Å²) in [6.45, 7) is 8.07. The number of rotatable bonds is 4. The summed E-state index contributed by atoms with van der Waals surface area (Å²) >= 11 is 6.88. The third kappa shape index (κ3) is 4.26. The second kappa shape index (κ2) is 8.89. The molecule has 0 spiro atoms. The SMILES string of the molecule is Cc1cc(C)c([N+]2=C(Cl)N(c3ccccc3Oc3ccccc3)CC2)c(C)c1.[Cl-]. The minimum Gasteiger partial charge on any atom is -1.00 e. The fourth-order valence-corrected chi connectivity index (χ4v) is 4.28. The predicted molar refractivity (Wildman–Crippen MR) is 117 cm³/mol. The molecular weight excluding hydrogens is 403 g/mol. The summed E-state index contributed by atoms with van der Waals surface area (Å²) in [5.41, 5.74) is 5.92. The van der Waals surface area contributed by atoms with Gasteiger partial charge in [-0.3, -0.25) is 0 Å². The third-order valence-corrected chi connectivity index (χ3v) is 5.43. The molecule has 29 heavy (non-hydrogen) atoms. The molecule has 0 aliphatic carbocycles. The van der Waals surface area contributed by atoms with E-state index in [1.165, 1.54) is 22.4 Å². The number of para-hydroxylation sites is 3. The topological polar surface area (TPSA) is 15.5 Å². The van der Waals surface area contributed by atoms with Crippen molar-refractivity contribution in [3.05, 3.63) is 83.4 Å². The number of nitrogens with zero attached hydrogens (tertiary/aromatic N) is 2. The Hall–Kier alpha value is -2.49. The molecule has 0 saturated heterocycles. The Morgan fingerprint density at radius 3 is 2.21 bits per heavy atom. The van der Waals surface area contributed by atoms with Crippen molar-refractivity contribution in [2.75, 3.05) is 18.0 Å². The van der Waals surface area contributed by atoms with Crippen LogP contribution in [0.25, 0.3) is 0 Å². The summed E-state index contributed by atoms with van der Waals surface area (Å²) in [5.74, 6) is 1.61. The Morgan fingerprint density at radius 1 is 0.897 bits per heavy atom. The molecule has 0 unspecified atom stereocenters. The standard InChI is InChI=1S/C24H24ClN2O.ClH/c1-17-15-18(2)23(19(3)16-17)27-14-13-26(24(27)25)21-11-7-8-12-22(21)28-20-9-5-4-6-10-20;/h4-12,15-16H,13-14H2,1-3H3;1H/q+1;/p-1. The van der Waals surface area contributed by atoms with Crippen LogP contribution in [-0.4, -0.2) is 23.0 Å². The highest BCUT2D eigenvalue weighted by Crippen LogP contribution is 2.35. The largest absolute Gasteiger partial charge is 1.00 e. The van der Waals surface area contributed by atoms with E-state index in [4.69, 9.17) is 16.3 Å². The smallest absolute Gasteiger partial charge is 0.355 e. The van der Waals surface area contributed by atoms with Gasteiger partial charge >= 0.3 is 5.29 Å². The first-order chi connectivity index (χ1) is 13.5. The van der Waals surface area contributed by atoms with Gasteiger partial charge in [-0.2, -0.15) is 0 Å². The molecule has 150 valence electrons. The molecule has 0 saturated carbocycles. The quantitative estimate of drug-likeness (QED) is 0.470. The third-order valence-electron chi connectivity index (χ3n) is 5.03. The van der Waals surface area contributed by atoms with Gasteiger partial charge in [-0.15, -0.1) is 0 Å². The molecule has 3 aromatic carbocycles. The summed E-state index contributed by atoms with van der Waals surface area (Å²) in [6, 6.07) is 22.3. The number of aryl methyl sites for hydroxylation is 3. The van der Waals surface area contributed by atoms with Crippen LogP contribution in [-0.2, 0) is 0 Å². The maximum atomic E-state index is 6.88. The van der Waals surface area contributed by atoms with E-state index in [9.17, 15) is 0 Å². The highest BCUT2D eigenvalue weighted by molar-refractivity contribution is 6.66. The van der Waals surface area contributed by atoms with Crippen molar-refractivity contribution in [3.8, 4) is 11.5 Å². The lowest BCUT2D eigenvalue weighted by Crippen LogP contribution is -3.00. The van der Waals surface area contributed by atoms with Crippen LogP contribution in [0.15, 0.2) is 66.7 Å². The molecule has 4 rings (SSSR count). The Morgan fingerprint density at radius 2 is 1.52 bits per heavy atom. The van der Waals surface area contributed by atoms with Gasteiger partial charge in [0.15, 0.2) is 11.4 Å². The first kappa shape index (κ1) is 21.2. The van der Waals surface area contributed by atoms with Crippen molar-refractivity contribution < 1.29 is 21.7 Å². The van der Waals surface area contributed by atoms with Crippen LogP contribution in [0, 0.1) is 20.8 Å². The molecule has 1 heterocycles. The van der Waals surface area contributed by atoms with Gasteiger partial charge < -0.3 is 17.1 Å². The first-order valence-electron chi connectivity index (χ1n) is 9.52. The Bertz CT molecular complexity index is 1020. The van der Waals surface area contributed by atoms with Crippen molar-refractivity contribution in [3.63, 3.8) is 0 Å². The molecule has 0 fully saturated rings. The Labute approximate surface area is 183 Å². The molecule has 0 aromatic heterocycles. The summed E-state index contributed by atoms with van der Waals surface area (Å²) in [4.78, 5) is 2.12. The lowest BCUT2D eigenvalue weighted by atomic mass is 10.0. The van der Waals surface area contributed by atoms with Gasteiger partial charge in [-0.05, 0) is 56.2 Å². The van der Waals surface area contributed by atoms with Crippen LogP contribution >= 0.6 is 11.6 Å². The van der Waals surface area contributed by atoms with E-state index >= 15 is 0 Å². The van der Waals surface area contributed by atoms with Crippen molar-refractivity contribution >= 4 is 28.3 Å². The summed E-state index contributed by atoms with van der Waals surface area (Å²) in [7, 11) is 0. The van der Waals surface area contributed by atoms with Gasteiger partial charge in [0.1, 0.15) is 24.5 Å². The highest BCUT2D eigenvalue weighted by atomic mass is 35.5. The number of ether oxygens (including phenoxy) is 1. The van der Waals surface area contributed by atoms with Gasteiger partial charge in [0.05, 0.1) is 0 Å². The normalized spacial score (nSPS) is 13.4. The Balaban J connectivity index is 0.00000240. The van der Waals surface area contributed by atoms with Crippen molar-refractivity contribution in [2.45, 2.75) is 20.8 Å². The first-order valence-corrected chi connectivity index (χ1v) is 9.89. The molecule has 1 aliphatic rings. The summed E-state index contributed by atoms with van der Waals surface area (Å²) < 4.78 is 8.34. The fraction of sp³-hybridized carbons (Fsp3) is 0.208. The molecule has 0 bridgehead atoms. The van der Waals surface area contributed by atoms with Gasteiger partial charge in [0, 0.05) is 11.6 Å². The average molecular weight is 427 g/mol. The number of hydrogen-bond acceptors (Lipinski definition) is 2. The fourth-order valence-electron chi connectivity index (χ4n) is 3.93. The number of amidine groups is 1.